The number of hydrogen-bond acceptors (Lipinski definition) is 3. The number of methoxy groups -OCH3 is 1. The van der Waals surface area contributed by atoms with Crippen molar-refractivity contribution in [3.8, 4) is 5.75 Å². The highest BCUT2D eigenvalue weighted by atomic mass is 35.5. The zero-order valence-electron chi connectivity index (χ0n) is 11.2. The molecule has 4 heteroatoms. The van der Waals surface area contributed by atoms with E-state index in [9.17, 15) is 0 Å². The Morgan fingerprint density at radius 2 is 2.00 bits per heavy atom. The van der Waals surface area contributed by atoms with Crippen molar-refractivity contribution in [2.24, 2.45) is 5.73 Å². The predicted molar refractivity (Wildman–Crippen MR) is 82.3 cm³/mol. The maximum atomic E-state index is 6.29. The van der Waals surface area contributed by atoms with Gasteiger partial charge in [-0.05, 0) is 36.8 Å². The summed E-state index contributed by atoms with van der Waals surface area (Å²) in [5.74, 6) is 0.796. The van der Waals surface area contributed by atoms with E-state index in [1.165, 1.54) is 9.75 Å². The lowest BCUT2D eigenvalue weighted by molar-refractivity contribution is 0.405. The molecule has 0 bridgehead atoms. The fraction of sp³-hybridized carbons (Fsp3) is 0.333. The molecule has 1 heterocycles. The van der Waals surface area contributed by atoms with Gasteiger partial charge in [0.25, 0.3) is 0 Å². The van der Waals surface area contributed by atoms with Gasteiger partial charge in [-0.2, -0.15) is 0 Å². The number of benzene rings is 1. The zero-order chi connectivity index (χ0) is 13.8. The van der Waals surface area contributed by atoms with Crippen LogP contribution in [0.5, 0.6) is 5.75 Å². The minimum Gasteiger partial charge on any atom is -0.496 e. The van der Waals surface area contributed by atoms with E-state index in [0.29, 0.717) is 5.02 Å². The molecule has 102 valence electrons. The Kier molecular flexibility index (Phi) is 4.86. The lowest BCUT2D eigenvalue weighted by Crippen LogP contribution is -2.13. The maximum absolute atomic E-state index is 6.29. The van der Waals surface area contributed by atoms with Gasteiger partial charge in [-0.25, -0.2) is 0 Å². The van der Waals surface area contributed by atoms with Crippen LogP contribution in [-0.2, 0) is 12.8 Å². The quantitative estimate of drug-likeness (QED) is 0.896. The SMILES string of the molecule is CCc1ccc(CC(N)c2cc(Cl)ccc2OC)s1. The first-order chi connectivity index (χ1) is 9.13. The van der Waals surface area contributed by atoms with Crippen LogP contribution >= 0.6 is 22.9 Å². The van der Waals surface area contributed by atoms with Gasteiger partial charge in [0.15, 0.2) is 0 Å². The van der Waals surface area contributed by atoms with Crippen LogP contribution in [0.3, 0.4) is 0 Å². The molecule has 0 fully saturated rings. The van der Waals surface area contributed by atoms with Crippen molar-refractivity contribution in [3.63, 3.8) is 0 Å². The second-order valence-electron chi connectivity index (χ2n) is 4.42. The van der Waals surface area contributed by atoms with Crippen LogP contribution in [0.25, 0.3) is 0 Å². The highest BCUT2D eigenvalue weighted by Crippen LogP contribution is 2.30. The molecule has 1 aromatic carbocycles. The van der Waals surface area contributed by atoms with Crippen molar-refractivity contribution in [2.75, 3.05) is 7.11 Å². The van der Waals surface area contributed by atoms with Gasteiger partial charge in [-0.3, -0.25) is 0 Å². The summed E-state index contributed by atoms with van der Waals surface area (Å²) in [4.78, 5) is 2.69. The standard InChI is InChI=1S/C15H18ClNOS/c1-3-11-5-6-12(19-11)9-14(17)13-8-10(16)4-7-15(13)18-2/h4-8,14H,3,9,17H2,1-2H3. The van der Waals surface area contributed by atoms with Crippen LogP contribution in [0.2, 0.25) is 5.02 Å². The van der Waals surface area contributed by atoms with E-state index >= 15 is 0 Å². The van der Waals surface area contributed by atoms with E-state index in [4.69, 9.17) is 22.1 Å². The van der Waals surface area contributed by atoms with E-state index in [-0.39, 0.29) is 6.04 Å². The van der Waals surface area contributed by atoms with Crippen LogP contribution in [0.15, 0.2) is 30.3 Å². The molecule has 2 N–H and O–H groups in total. The molecule has 0 saturated heterocycles. The molecular weight excluding hydrogens is 278 g/mol. The average molecular weight is 296 g/mol. The van der Waals surface area contributed by atoms with Gasteiger partial charge in [0, 0.05) is 32.8 Å². The Bertz CT molecular complexity index is 553. The lowest BCUT2D eigenvalue weighted by Gasteiger charge is -2.15. The van der Waals surface area contributed by atoms with Gasteiger partial charge < -0.3 is 10.5 Å². The van der Waals surface area contributed by atoms with Gasteiger partial charge in [0.1, 0.15) is 5.75 Å². The Hall–Kier alpha value is -1.03. The van der Waals surface area contributed by atoms with Crippen molar-refractivity contribution in [3.05, 3.63) is 50.7 Å². The Morgan fingerprint density at radius 1 is 1.26 bits per heavy atom. The fourth-order valence-corrected chi connectivity index (χ4v) is 3.24. The first-order valence-corrected chi connectivity index (χ1v) is 7.50. The van der Waals surface area contributed by atoms with Crippen LogP contribution in [-0.4, -0.2) is 7.11 Å². The minimum absolute atomic E-state index is 0.1000. The van der Waals surface area contributed by atoms with Gasteiger partial charge >= 0.3 is 0 Å². The zero-order valence-corrected chi connectivity index (χ0v) is 12.7. The van der Waals surface area contributed by atoms with Crippen molar-refractivity contribution in [1.82, 2.24) is 0 Å². The summed E-state index contributed by atoms with van der Waals surface area (Å²) in [7, 11) is 1.65. The summed E-state index contributed by atoms with van der Waals surface area (Å²) in [6.07, 6.45) is 1.88. The number of hydrogen-bond donors (Lipinski definition) is 1. The molecule has 0 aliphatic heterocycles. The third-order valence-corrected chi connectivity index (χ3v) is 4.57. The second-order valence-corrected chi connectivity index (χ2v) is 6.11. The highest BCUT2D eigenvalue weighted by molar-refractivity contribution is 7.11. The summed E-state index contributed by atoms with van der Waals surface area (Å²) in [6.45, 7) is 2.16. The van der Waals surface area contributed by atoms with Crippen LogP contribution < -0.4 is 10.5 Å². The molecule has 1 atom stereocenters. The van der Waals surface area contributed by atoms with Crippen molar-refractivity contribution in [2.45, 2.75) is 25.8 Å². The molecule has 19 heavy (non-hydrogen) atoms. The molecular formula is C15H18ClNOS. The number of halogens is 1. The molecule has 1 unspecified atom stereocenters. The Balaban J connectivity index is 2.19. The van der Waals surface area contributed by atoms with Crippen LogP contribution in [0.1, 0.15) is 28.3 Å². The number of ether oxygens (including phenoxy) is 1. The topological polar surface area (TPSA) is 35.2 Å². The first-order valence-electron chi connectivity index (χ1n) is 6.30. The van der Waals surface area contributed by atoms with Gasteiger partial charge in [-0.15, -0.1) is 11.3 Å². The smallest absolute Gasteiger partial charge is 0.123 e. The lowest BCUT2D eigenvalue weighted by atomic mass is 10.0. The molecule has 2 aromatic rings. The van der Waals surface area contributed by atoms with Crippen molar-refractivity contribution >= 4 is 22.9 Å². The summed E-state index contributed by atoms with van der Waals surface area (Å²) >= 11 is 7.86. The molecule has 0 spiro atoms. The highest BCUT2D eigenvalue weighted by Gasteiger charge is 2.14. The van der Waals surface area contributed by atoms with E-state index in [1.807, 2.05) is 29.5 Å². The summed E-state index contributed by atoms with van der Waals surface area (Å²) in [6, 6.07) is 9.79. The minimum atomic E-state index is -0.1000. The third kappa shape index (κ3) is 3.50. The van der Waals surface area contributed by atoms with Crippen molar-refractivity contribution in [1.29, 1.82) is 0 Å². The molecule has 2 nitrogen and oxygen atoms in total. The summed E-state index contributed by atoms with van der Waals surface area (Å²) in [5, 5.41) is 0.687. The molecule has 0 saturated carbocycles. The number of nitrogens with two attached hydrogens (primary N) is 1. The number of rotatable bonds is 5. The third-order valence-electron chi connectivity index (χ3n) is 3.08. The Labute approximate surface area is 123 Å². The van der Waals surface area contributed by atoms with E-state index in [1.54, 1.807) is 7.11 Å². The second kappa shape index (κ2) is 6.42. The van der Waals surface area contributed by atoms with Crippen LogP contribution in [0.4, 0.5) is 0 Å². The molecule has 0 aliphatic carbocycles. The van der Waals surface area contributed by atoms with Crippen LogP contribution in [0, 0.1) is 0 Å². The summed E-state index contributed by atoms with van der Waals surface area (Å²) < 4.78 is 5.35. The molecule has 0 amide bonds. The monoisotopic (exact) mass is 295 g/mol. The van der Waals surface area contributed by atoms with Gasteiger partial charge in [0.2, 0.25) is 0 Å². The predicted octanol–water partition coefficient (Wildman–Crippen LogP) is 4.22. The molecule has 1 aromatic heterocycles. The summed E-state index contributed by atoms with van der Waals surface area (Å²) in [5.41, 5.74) is 7.25. The van der Waals surface area contributed by atoms with Crippen molar-refractivity contribution < 1.29 is 4.74 Å². The van der Waals surface area contributed by atoms with E-state index in [0.717, 1.165) is 24.2 Å². The van der Waals surface area contributed by atoms with E-state index < -0.39 is 0 Å². The first kappa shape index (κ1) is 14.4. The average Bonchev–Trinajstić information content (AvgIpc) is 2.86. The number of thiophene rings is 1. The largest absolute Gasteiger partial charge is 0.496 e. The normalized spacial score (nSPS) is 12.4. The number of aryl methyl sites for hydroxylation is 1. The van der Waals surface area contributed by atoms with Gasteiger partial charge in [0.05, 0.1) is 7.11 Å². The fourth-order valence-electron chi connectivity index (χ4n) is 2.04. The Morgan fingerprint density at radius 3 is 2.63 bits per heavy atom. The molecule has 0 aliphatic rings. The van der Waals surface area contributed by atoms with E-state index in [2.05, 4.69) is 19.1 Å². The molecule has 2 rings (SSSR count). The van der Waals surface area contributed by atoms with Gasteiger partial charge in [-0.1, -0.05) is 18.5 Å². The molecule has 0 radical (unpaired) electrons. The maximum Gasteiger partial charge on any atom is 0.123 e.